The molecule has 0 spiro atoms. The first-order valence-electron chi connectivity index (χ1n) is 13.2. The molecule has 0 aliphatic rings. The molecule has 0 saturated carbocycles. The number of aryl methyl sites for hydroxylation is 3. The van der Waals surface area contributed by atoms with Crippen molar-refractivity contribution in [1.82, 2.24) is 14.5 Å². The second-order valence-corrected chi connectivity index (χ2v) is 9.52. The van der Waals surface area contributed by atoms with Gasteiger partial charge in [0, 0.05) is 41.4 Å². The highest BCUT2D eigenvalue weighted by Crippen LogP contribution is 2.21. The Labute approximate surface area is 226 Å². The molecule has 0 bridgehead atoms. The minimum Gasteiger partial charge on any atom is -0.355 e. The molecule has 4 rings (SSSR count). The number of anilines is 1. The van der Waals surface area contributed by atoms with E-state index in [-0.39, 0.29) is 0 Å². The van der Waals surface area contributed by atoms with Gasteiger partial charge in [-0.1, -0.05) is 74.5 Å². The zero-order valence-corrected chi connectivity index (χ0v) is 23.3. The minimum absolute atomic E-state index is 0.863. The number of rotatable bonds is 8. The molecule has 0 atom stereocenters. The van der Waals surface area contributed by atoms with E-state index in [1.807, 2.05) is 69.8 Å². The van der Waals surface area contributed by atoms with Crippen molar-refractivity contribution in [1.29, 1.82) is 0 Å². The molecular formula is C33H37N5. The molecule has 0 amide bonds. The molecule has 4 aromatic rings. The van der Waals surface area contributed by atoms with Crippen LogP contribution in [0.1, 0.15) is 56.5 Å². The molecule has 0 radical (unpaired) electrons. The fourth-order valence-electron chi connectivity index (χ4n) is 4.32. The van der Waals surface area contributed by atoms with Gasteiger partial charge < -0.3 is 9.88 Å². The topological polar surface area (TPSA) is 55.1 Å². The standard InChI is InChI=1S/C33H37N5/c1-7-23(3)29(37-30-19-24(4)34-21-26(30)8-2)20-31-32(35-22-38(31)6)25(5)36-33(27-15-11-9-12-16-27)28-17-13-10-14-18-28/h9-22H,7-8H2,1-6H3,(H,34,37)/b29-23-,31-20+,32-25-. The fraction of sp³-hybridized carbons (Fsp3) is 0.242. The summed E-state index contributed by atoms with van der Waals surface area (Å²) in [5.41, 5.74) is 9.56. The van der Waals surface area contributed by atoms with Crippen LogP contribution in [-0.2, 0) is 13.5 Å². The largest absolute Gasteiger partial charge is 0.355 e. The van der Waals surface area contributed by atoms with Gasteiger partial charge in [0.2, 0.25) is 0 Å². The zero-order chi connectivity index (χ0) is 27.1. The maximum Gasteiger partial charge on any atom is 0.110 e. The number of benzene rings is 2. The smallest absolute Gasteiger partial charge is 0.110 e. The van der Waals surface area contributed by atoms with E-state index in [4.69, 9.17) is 9.98 Å². The summed E-state index contributed by atoms with van der Waals surface area (Å²) in [6, 6.07) is 22.8. The van der Waals surface area contributed by atoms with E-state index in [2.05, 4.69) is 72.0 Å². The fourth-order valence-corrected chi connectivity index (χ4v) is 4.32. The van der Waals surface area contributed by atoms with Crippen molar-refractivity contribution in [2.45, 2.75) is 47.5 Å². The van der Waals surface area contributed by atoms with E-state index in [1.165, 1.54) is 11.1 Å². The van der Waals surface area contributed by atoms with E-state index in [9.17, 15) is 0 Å². The van der Waals surface area contributed by atoms with Crippen molar-refractivity contribution in [2.75, 3.05) is 5.32 Å². The number of nitrogens with one attached hydrogen (secondary N) is 1. The lowest BCUT2D eigenvalue weighted by atomic mass is 10.0. The van der Waals surface area contributed by atoms with Crippen LogP contribution in [0, 0.1) is 6.92 Å². The highest BCUT2D eigenvalue weighted by atomic mass is 15.0. The Bertz CT molecular complexity index is 1530. The van der Waals surface area contributed by atoms with Crippen molar-refractivity contribution >= 4 is 23.2 Å². The van der Waals surface area contributed by atoms with Gasteiger partial charge in [0.1, 0.15) is 5.35 Å². The van der Waals surface area contributed by atoms with E-state index < -0.39 is 0 Å². The van der Waals surface area contributed by atoms with Gasteiger partial charge in [0.05, 0.1) is 23.1 Å². The van der Waals surface area contributed by atoms with E-state index in [0.717, 1.165) is 63.2 Å². The molecular weight excluding hydrogens is 466 g/mol. The number of hydrogen-bond donors (Lipinski definition) is 1. The number of aliphatic imine (C=N–C) groups is 1. The van der Waals surface area contributed by atoms with Gasteiger partial charge in [-0.15, -0.1) is 0 Å². The Kier molecular flexibility index (Phi) is 8.70. The van der Waals surface area contributed by atoms with E-state index in [0.29, 0.717) is 0 Å². The maximum atomic E-state index is 5.15. The van der Waals surface area contributed by atoms with Crippen molar-refractivity contribution in [3.63, 3.8) is 0 Å². The van der Waals surface area contributed by atoms with Gasteiger partial charge in [0.25, 0.3) is 0 Å². The molecule has 0 unspecified atom stereocenters. The van der Waals surface area contributed by atoms with Crippen molar-refractivity contribution in [3.8, 4) is 0 Å². The van der Waals surface area contributed by atoms with E-state index in [1.54, 1.807) is 0 Å². The molecule has 38 heavy (non-hydrogen) atoms. The summed E-state index contributed by atoms with van der Waals surface area (Å²) in [4.78, 5) is 14.4. The van der Waals surface area contributed by atoms with E-state index >= 15 is 0 Å². The number of aromatic nitrogens is 3. The molecule has 5 heteroatoms. The van der Waals surface area contributed by atoms with Crippen LogP contribution in [0.25, 0.3) is 11.8 Å². The first-order chi connectivity index (χ1) is 18.4. The third-order valence-electron chi connectivity index (χ3n) is 6.74. The first kappa shape index (κ1) is 26.8. The number of hydrogen-bond acceptors (Lipinski definition) is 4. The number of nitrogens with zero attached hydrogens (tertiary/aromatic N) is 4. The third kappa shape index (κ3) is 6.17. The number of pyridine rings is 1. The second kappa shape index (κ2) is 12.3. The second-order valence-electron chi connectivity index (χ2n) is 9.52. The molecule has 2 heterocycles. The van der Waals surface area contributed by atoms with Gasteiger partial charge in [-0.3, -0.25) is 9.98 Å². The summed E-state index contributed by atoms with van der Waals surface area (Å²) in [5.74, 6) is 0. The van der Waals surface area contributed by atoms with Crippen molar-refractivity contribution < 1.29 is 0 Å². The van der Waals surface area contributed by atoms with Crippen LogP contribution in [0.15, 0.2) is 95.5 Å². The SMILES string of the molecule is CC/C(C)=C(/C=c1\c(=C(/C)N=C(c2ccccc2)c2ccccc2)ncn1C)Nc1cc(C)ncc1CC. The Morgan fingerprint density at radius 2 is 1.58 bits per heavy atom. The predicted octanol–water partition coefficient (Wildman–Crippen LogP) is 5.93. The Morgan fingerprint density at radius 3 is 2.16 bits per heavy atom. The molecule has 0 aliphatic heterocycles. The lowest BCUT2D eigenvalue weighted by Crippen LogP contribution is -2.31. The summed E-state index contributed by atoms with van der Waals surface area (Å²) in [5, 5.41) is 5.58. The number of imidazole rings is 1. The normalized spacial score (nSPS) is 13.2. The lowest BCUT2D eigenvalue weighted by Gasteiger charge is -2.15. The average molecular weight is 504 g/mol. The Morgan fingerprint density at radius 1 is 0.947 bits per heavy atom. The molecule has 2 aromatic carbocycles. The van der Waals surface area contributed by atoms with Gasteiger partial charge in [-0.25, -0.2) is 4.98 Å². The minimum atomic E-state index is 0.863. The van der Waals surface area contributed by atoms with Gasteiger partial charge in [0.15, 0.2) is 0 Å². The molecule has 0 saturated heterocycles. The maximum absolute atomic E-state index is 5.15. The molecule has 0 fully saturated rings. The van der Waals surface area contributed by atoms with Gasteiger partial charge >= 0.3 is 0 Å². The van der Waals surface area contributed by atoms with Crippen molar-refractivity contribution in [3.05, 3.63) is 124 Å². The summed E-state index contributed by atoms with van der Waals surface area (Å²) in [6.45, 7) is 10.6. The quantitative estimate of drug-likeness (QED) is 0.303. The lowest BCUT2D eigenvalue weighted by molar-refractivity contribution is 0.879. The van der Waals surface area contributed by atoms with Crippen LogP contribution in [-0.4, -0.2) is 20.2 Å². The predicted molar refractivity (Wildman–Crippen MR) is 159 cm³/mol. The summed E-state index contributed by atoms with van der Waals surface area (Å²) in [7, 11) is 2.03. The highest BCUT2D eigenvalue weighted by molar-refractivity contribution is 6.14. The molecule has 1 N–H and O–H groups in total. The van der Waals surface area contributed by atoms with Crippen LogP contribution >= 0.6 is 0 Å². The molecule has 194 valence electrons. The Balaban J connectivity index is 1.90. The van der Waals surface area contributed by atoms with Crippen LogP contribution in [0.5, 0.6) is 0 Å². The third-order valence-corrected chi connectivity index (χ3v) is 6.74. The Hall–Kier alpha value is -4.25. The molecule has 0 aliphatic carbocycles. The number of allylic oxidation sites excluding steroid dienone is 2. The van der Waals surface area contributed by atoms with Gasteiger partial charge in [-0.2, -0.15) is 0 Å². The molecule has 2 aromatic heterocycles. The van der Waals surface area contributed by atoms with Crippen LogP contribution in [0.2, 0.25) is 0 Å². The molecule has 5 nitrogen and oxygen atoms in total. The average Bonchev–Trinajstić information content (AvgIpc) is 3.31. The van der Waals surface area contributed by atoms with Crippen molar-refractivity contribution in [2.24, 2.45) is 12.0 Å². The summed E-state index contributed by atoms with van der Waals surface area (Å²) in [6.07, 6.45) is 7.87. The van der Waals surface area contributed by atoms with Crippen LogP contribution in [0.3, 0.4) is 0 Å². The summed E-state index contributed by atoms with van der Waals surface area (Å²) >= 11 is 0. The summed E-state index contributed by atoms with van der Waals surface area (Å²) < 4.78 is 2.06. The highest BCUT2D eigenvalue weighted by Gasteiger charge is 2.10. The van der Waals surface area contributed by atoms with Gasteiger partial charge in [-0.05, 0) is 56.9 Å². The monoisotopic (exact) mass is 503 g/mol. The van der Waals surface area contributed by atoms with Crippen LogP contribution in [0.4, 0.5) is 5.69 Å². The first-order valence-corrected chi connectivity index (χ1v) is 13.2. The van der Waals surface area contributed by atoms with Crippen LogP contribution < -0.4 is 16.0 Å². The zero-order valence-electron chi connectivity index (χ0n) is 23.3.